The average molecular weight is 350 g/mol. The topological polar surface area (TPSA) is 59.2 Å². The minimum atomic E-state index is 0.0410. The lowest BCUT2D eigenvalue weighted by atomic mass is 10.2. The van der Waals surface area contributed by atoms with E-state index in [0.29, 0.717) is 18.7 Å². The second kappa shape index (κ2) is 7.13. The number of rotatable bonds is 4. The molecule has 0 N–H and O–H groups in total. The first-order valence-corrected chi connectivity index (χ1v) is 8.79. The number of amides is 1. The van der Waals surface area contributed by atoms with Crippen LogP contribution in [0.25, 0.3) is 5.82 Å². The van der Waals surface area contributed by atoms with Crippen LogP contribution in [0.3, 0.4) is 0 Å². The van der Waals surface area contributed by atoms with E-state index in [-0.39, 0.29) is 5.91 Å². The van der Waals surface area contributed by atoms with Gasteiger partial charge in [0.2, 0.25) is 0 Å². The zero-order chi connectivity index (χ0) is 17.9. The summed E-state index contributed by atoms with van der Waals surface area (Å²) < 4.78 is 3.67. The van der Waals surface area contributed by atoms with E-state index in [1.807, 2.05) is 65.4 Å². The maximum absolute atomic E-state index is 13.0. The highest BCUT2D eigenvalue weighted by atomic mass is 16.2. The molecular weight excluding hydrogens is 328 g/mol. The summed E-state index contributed by atoms with van der Waals surface area (Å²) in [6.07, 6.45) is 7.34. The average Bonchev–Trinajstić information content (AvgIpc) is 3.32. The van der Waals surface area contributed by atoms with Gasteiger partial charge in [-0.2, -0.15) is 5.10 Å². The zero-order valence-corrected chi connectivity index (χ0v) is 14.8. The molecule has 0 aromatic carbocycles. The largest absolute Gasteiger partial charge is 0.336 e. The molecule has 7 heteroatoms. The van der Waals surface area contributed by atoms with Crippen molar-refractivity contribution < 1.29 is 4.79 Å². The SMILES string of the molecule is Cn1ncc(C(=O)N2CCN(Cc3ccccn3)CC2)c1-n1cccc1. The van der Waals surface area contributed by atoms with Crippen molar-refractivity contribution in [3.63, 3.8) is 0 Å². The van der Waals surface area contributed by atoms with Crippen molar-refractivity contribution in [1.29, 1.82) is 0 Å². The van der Waals surface area contributed by atoms with E-state index in [4.69, 9.17) is 0 Å². The molecule has 1 aliphatic rings. The van der Waals surface area contributed by atoms with E-state index in [1.165, 1.54) is 0 Å². The molecular formula is C19H22N6O. The molecule has 3 aromatic heterocycles. The van der Waals surface area contributed by atoms with Gasteiger partial charge in [0.05, 0.1) is 11.9 Å². The molecule has 3 aromatic rings. The Morgan fingerprint density at radius 3 is 2.54 bits per heavy atom. The number of hydrogen-bond acceptors (Lipinski definition) is 4. The highest BCUT2D eigenvalue weighted by Gasteiger charge is 2.26. The van der Waals surface area contributed by atoms with Gasteiger partial charge in [0.25, 0.3) is 5.91 Å². The Morgan fingerprint density at radius 2 is 1.85 bits per heavy atom. The number of carbonyl (C=O) groups is 1. The Hall–Kier alpha value is -2.93. The van der Waals surface area contributed by atoms with Crippen LogP contribution in [0.4, 0.5) is 0 Å². The van der Waals surface area contributed by atoms with Crippen LogP contribution in [0.1, 0.15) is 16.1 Å². The van der Waals surface area contributed by atoms with Crippen LogP contribution >= 0.6 is 0 Å². The lowest BCUT2D eigenvalue weighted by Crippen LogP contribution is -2.48. The molecule has 1 aliphatic heterocycles. The molecule has 0 spiro atoms. The lowest BCUT2D eigenvalue weighted by molar-refractivity contribution is 0.0627. The van der Waals surface area contributed by atoms with Crippen molar-refractivity contribution in [1.82, 2.24) is 29.1 Å². The Kier molecular flexibility index (Phi) is 4.53. The fourth-order valence-corrected chi connectivity index (χ4v) is 3.36. The predicted molar refractivity (Wildman–Crippen MR) is 98.0 cm³/mol. The minimum Gasteiger partial charge on any atom is -0.336 e. The highest BCUT2D eigenvalue weighted by molar-refractivity contribution is 5.97. The van der Waals surface area contributed by atoms with Crippen molar-refractivity contribution >= 4 is 5.91 Å². The van der Waals surface area contributed by atoms with Crippen LogP contribution in [-0.4, -0.2) is 61.2 Å². The summed E-state index contributed by atoms with van der Waals surface area (Å²) in [5.74, 6) is 0.843. The van der Waals surface area contributed by atoms with Crippen LogP contribution in [0.2, 0.25) is 0 Å². The lowest BCUT2D eigenvalue weighted by Gasteiger charge is -2.34. The number of hydrogen-bond donors (Lipinski definition) is 0. The molecule has 0 radical (unpaired) electrons. The molecule has 0 aliphatic carbocycles. The summed E-state index contributed by atoms with van der Waals surface area (Å²) in [7, 11) is 1.86. The fraction of sp³-hybridized carbons (Fsp3) is 0.316. The van der Waals surface area contributed by atoms with Gasteiger partial charge in [-0.15, -0.1) is 0 Å². The monoisotopic (exact) mass is 350 g/mol. The van der Waals surface area contributed by atoms with Crippen LogP contribution < -0.4 is 0 Å². The van der Waals surface area contributed by atoms with Gasteiger partial charge in [0, 0.05) is 58.4 Å². The molecule has 1 amide bonds. The molecule has 0 bridgehead atoms. The molecule has 4 rings (SSSR count). The number of carbonyl (C=O) groups excluding carboxylic acids is 1. The number of nitrogens with zero attached hydrogens (tertiary/aromatic N) is 6. The van der Waals surface area contributed by atoms with Gasteiger partial charge < -0.3 is 9.47 Å². The molecule has 0 atom stereocenters. The van der Waals surface area contributed by atoms with Gasteiger partial charge >= 0.3 is 0 Å². The van der Waals surface area contributed by atoms with Crippen molar-refractivity contribution in [2.75, 3.05) is 26.2 Å². The molecule has 1 fully saturated rings. The summed E-state index contributed by atoms with van der Waals surface area (Å²) in [5, 5.41) is 4.29. The second-order valence-electron chi connectivity index (χ2n) is 6.49. The summed E-state index contributed by atoms with van der Waals surface area (Å²) in [6, 6.07) is 9.86. The summed E-state index contributed by atoms with van der Waals surface area (Å²) >= 11 is 0. The van der Waals surface area contributed by atoms with E-state index in [2.05, 4.69) is 15.0 Å². The number of aromatic nitrogens is 4. The van der Waals surface area contributed by atoms with Crippen molar-refractivity contribution in [2.45, 2.75) is 6.54 Å². The predicted octanol–water partition coefficient (Wildman–Crippen LogP) is 1.56. The molecule has 0 unspecified atom stereocenters. The maximum atomic E-state index is 13.0. The third kappa shape index (κ3) is 3.25. The van der Waals surface area contributed by atoms with Crippen molar-refractivity contribution in [2.24, 2.45) is 7.05 Å². The third-order valence-electron chi connectivity index (χ3n) is 4.76. The summed E-state index contributed by atoms with van der Waals surface area (Å²) in [6.45, 7) is 3.95. The Balaban J connectivity index is 1.43. The van der Waals surface area contributed by atoms with E-state index >= 15 is 0 Å². The first-order chi connectivity index (χ1) is 12.7. The molecule has 134 valence electrons. The summed E-state index contributed by atoms with van der Waals surface area (Å²) in [4.78, 5) is 21.7. The highest BCUT2D eigenvalue weighted by Crippen LogP contribution is 2.17. The third-order valence-corrected chi connectivity index (χ3v) is 4.76. The van der Waals surface area contributed by atoms with Gasteiger partial charge in [0.15, 0.2) is 0 Å². The molecule has 26 heavy (non-hydrogen) atoms. The van der Waals surface area contributed by atoms with Gasteiger partial charge in [-0.25, -0.2) is 0 Å². The van der Waals surface area contributed by atoms with E-state index in [0.717, 1.165) is 31.1 Å². The minimum absolute atomic E-state index is 0.0410. The van der Waals surface area contributed by atoms with Crippen molar-refractivity contribution in [3.05, 3.63) is 66.4 Å². The van der Waals surface area contributed by atoms with Crippen LogP contribution in [0, 0.1) is 0 Å². The van der Waals surface area contributed by atoms with E-state index in [9.17, 15) is 4.79 Å². The van der Waals surface area contributed by atoms with Gasteiger partial charge in [-0.1, -0.05) is 6.07 Å². The normalized spacial score (nSPS) is 15.3. The quantitative estimate of drug-likeness (QED) is 0.717. The first kappa shape index (κ1) is 16.5. The molecule has 1 saturated heterocycles. The Morgan fingerprint density at radius 1 is 1.08 bits per heavy atom. The Labute approximate surface area is 152 Å². The molecule has 4 heterocycles. The fourth-order valence-electron chi connectivity index (χ4n) is 3.36. The number of aryl methyl sites for hydroxylation is 1. The first-order valence-electron chi connectivity index (χ1n) is 8.79. The van der Waals surface area contributed by atoms with Gasteiger partial charge in [0.1, 0.15) is 11.4 Å². The van der Waals surface area contributed by atoms with Crippen molar-refractivity contribution in [3.8, 4) is 5.82 Å². The van der Waals surface area contributed by atoms with Gasteiger partial charge in [-0.05, 0) is 24.3 Å². The van der Waals surface area contributed by atoms with Crippen LogP contribution in [0.5, 0.6) is 0 Å². The number of piperazine rings is 1. The van der Waals surface area contributed by atoms with Crippen LogP contribution in [-0.2, 0) is 13.6 Å². The molecule has 7 nitrogen and oxygen atoms in total. The molecule has 0 saturated carbocycles. The van der Waals surface area contributed by atoms with E-state index in [1.54, 1.807) is 10.9 Å². The summed E-state index contributed by atoms with van der Waals surface area (Å²) in [5.41, 5.74) is 1.70. The van der Waals surface area contributed by atoms with E-state index < -0.39 is 0 Å². The van der Waals surface area contributed by atoms with Crippen LogP contribution in [0.15, 0.2) is 55.1 Å². The zero-order valence-electron chi connectivity index (χ0n) is 14.8. The standard InChI is InChI=1S/C19H22N6O/c1-22-18(24-8-4-5-9-24)17(14-21-22)19(26)25-12-10-23(11-13-25)15-16-6-2-3-7-20-16/h2-9,14H,10-13,15H2,1H3. The number of pyridine rings is 1. The van der Waals surface area contributed by atoms with Gasteiger partial charge in [-0.3, -0.25) is 19.4 Å². The Bertz CT molecular complexity index is 863. The second-order valence-corrected chi connectivity index (χ2v) is 6.49. The maximum Gasteiger partial charge on any atom is 0.259 e. The smallest absolute Gasteiger partial charge is 0.259 e.